The predicted octanol–water partition coefficient (Wildman–Crippen LogP) is 3.09. The van der Waals surface area contributed by atoms with E-state index in [4.69, 9.17) is 0 Å². The van der Waals surface area contributed by atoms with Crippen LogP contribution >= 0.6 is 0 Å². The number of nitrogens with one attached hydrogen (secondary N) is 1. The second-order valence-corrected chi connectivity index (χ2v) is 4.39. The SMILES string of the molecule is CCc1nc[nH]c1CC1CCCCC1. The number of hydrogen-bond acceptors (Lipinski definition) is 1. The van der Waals surface area contributed by atoms with Gasteiger partial charge in [-0.25, -0.2) is 4.98 Å². The number of imidazole rings is 1. The number of aromatic amines is 1. The highest BCUT2D eigenvalue weighted by Crippen LogP contribution is 2.26. The summed E-state index contributed by atoms with van der Waals surface area (Å²) >= 11 is 0. The van der Waals surface area contributed by atoms with E-state index in [1.165, 1.54) is 49.9 Å². The van der Waals surface area contributed by atoms with Crippen LogP contribution in [0.15, 0.2) is 6.33 Å². The van der Waals surface area contributed by atoms with E-state index in [1.807, 2.05) is 6.33 Å². The van der Waals surface area contributed by atoms with E-state index in [1.54, 1.807) is 0 Å². The van der Waals surface area contributed by atoms with Crippen LogP contribution in [0.2, 0.25) is 0 Å². The van der Waals surface area contributed by atoms with Crippen molar-refractivity contribution in [1.82, 2.24) is 9.97 Å². The van der Waals surface area contributed by atoms with E-state index in [2.05, 4.69) is 16.9 Å². The maximum atomic E-state index is 4.34. The van der Waals surface area contributed by atoms with Crippen molar-refractivity contribution in [3.63, 3.8) is 0 Å². The Hall–Kier alpha value is -0.790. The fourth-order valence-corrected chi connectivity index (χ4v) is 2.51. The lowest BCUT2D eigenvalue weighted by molar-refractivity contribution is 0.354. The van der Waals surface area contributed by atoms with Crippen molar-refractivity contribution in [2.45, 2.75) is 51.9 Å². The van der Waals surface area contributed by atoms with E-state index < -0.39 is 0 Å². The van der Waals surface area contributed by atoms with E-state index in [0.29, 0.717) is 0 Å². The van der Waals surface area contributed by atoms with E-state index in [9.17, 15) is 0 Å². The third kappa shape index (κ3) is 2.17. The molecule has 2 rings (SSSR count). The van der Waals surface area contributed by atoms with Crippen LogP contribution in [0.25, 0.3) is 0 Å². The zero-order valence-electron chi connectivity index (χ0n) is 9.05. The molecule has 0 amide bonds. The molecule has 2 heteroatoms. The molecule has 1 heterocycles. The lowest BCUT2D eigenvalue weighted by atomic mass is 9.86. The van der Waals surface area contributed by atoms with Crippen molar-refractivity contribution in [3.05, 3.63) is 17.7 Å². The number of hydrogen-bond donors (Lipinski definition) is 1. The summed E-state index contributed by atoms with van der Waals surface area (Å²) in [7, 11) is 0. The third-order valence-corrected chi connectivity index (χ3v) is 3.36. The van der Waals surface area contributed by atoms with Gasteiger partial charge in [0.1, 0.15) is 0 Å². The highest BCUT2D eigenvalue weighted by molar-refractivity contribution is 5.11. The molecule has 0 saturated heterocycles. The summed E-state index contributed by atoms with van der Waals surface area (Å²) in [6.45, 7) is 2.18. The topological polar surface area (TPSA) is 28.7 Å². The van der Waals surface area contributed by atoms with Crippen molar-refractivity contribution in [1.29, 1.82) is 0 Å². The zero-order chi connectivity index (χ0) is 9.80. The Kier molecular flexibility index (Phi) is 3.22. The first-order valence-corrected chi connectivity index (χ1v) is 5.91. The van der Waals surface area contributed by atoms with Gasteiger partial charge in [0.2, 0.25) is 0 Å². The Labute approximate surface area is 86.1 Å². The molecule has 0 radical (unpaired) electrons. The molecule has 14 heavy (non-hydrogen) atoms. The second kappa shape index (κ2) is 4.63. The number of H-pyrrole nitrogens is 1. The zero-order valence-corrected chi connectivity index (χ0v) is 9.05. The van der Waals surface area contributed by atoms with E-state index in [-0.39, 0.29) is 0 Å². The summed E-state index contributed by atoms with van der Waals surface area (Å²) in [5, 5.41) is 0. The van der Waals surface area contributed by atoms with E-state index in [0.717, 1.165) is 12.3 Å². The van der Waals surface area contributed by atoms with E-state index >= 15 is 0 Å². The van der Waals surface area contributed by atoms with Gasteiger partial charge in [-0.2, -0.15) is 0 Å². The van der Waals surface area contributed by atoms with Crippen molar-refractivity contribution < 1.29 is 0 Å². The molecule has 1 aromatic heterocycles. The van der Waals surface area contributed by atoms with Crippen LogP contribution in [0.4, 0.5) is 0 Å². The van der Waals surface area contributed by atoms with Crippen LogP contribution in [0, 0.1) is 5.92 Å². The quantitative estimate of drug-likeness (QED) is 0.783. The Morgan fingerprint density at radius 1 is 1.36 bits per heavy atom. The second-order valence-electron chi connectivity index (χ2n) is 4.39. The summed E-state index contributed by atoms with van der Waals surface area (Å²) in [6, 6.07) is 0. The first-order valence-electron chi connectivity index (χ1n) is 5.91. The number of rotatable bonds is 3. The maximum absolute atomic E-state index is 4.34. The van der Waals surface area contributed by atoms with Crippen LogP contribution < -0.4 is 0 Å². The van der Waals surface area contributed by atoms with Gasteiger partial charge in [-0.1, -0.05) is 39.0 Å². The molecule has 1 fully saturated rings. The van der Waals surface area contributed by atoms with Gasteiger partial charge in [-0.05, 0) is 18.8 Å². The molecule has 1 saturated carbocycles. The summed E-state index contributed by atoms with van der Waals surface area (Å²) < 4.78 is 0. The number of nitrogens with zero attached hydrogens (tertiary/aromatic N) is 1. The Morgan fingerprint density at radius 2 is 2.14 bits per heavy atom. The van der Waals surface area contributed by atoms with Gasteiger partial charge in [0.25, 0.3) is 0 Å². The first-order chi connectivity index (χ1) is 6.90. The molecule has 1 aromatic rings. The van der Waals surface area contributed by atoms with Crippen molar-refractivity contribution >= 4 is 0 Å². The summed E-state index contributed by atoms with van der Waals surface area (Å²) in [5.74, 6) is 0.912. The fourth-order valence-electron chi connectivity index (χ4n) is 2.51. The largest absolute Gasteiger partial charge is 0.348 e. The molecule has 1 aliphatic carbocycles. The molecule has 1 N–H and O–H groups in total. The highest BCUT2D eigenvalue weighted by Gasteiger charge is 2.16. The molecule has 0 spiro atoms. The van der Waals surface area contributed by atoms with Gasteiger partial charge in [-0.15, -0.1) is 0 Å². The summed E-state index contributed by atoms with van der Waals surface area (Å²) in [6.07, 6.45) is 11.3. The van der Waals surface area contributed by atoms with Crippen LogP contribution in [0.3, 0.4) is 0 Å². The monoisotopic (exact) mass is 192 g/mol. The number of aromatic nitrogens is 2. The van der Waals surface area contributed by atoms with Gasteiger partial charge >= 0.3 is 0 Å². The average Bonchev–Trinajstić information content (AvgIpc) is 2.67. The number of aryl methyl sites for hydroxylation is 1. The lowest BCUT2D eigenvalue weighted by Gasteiger charge is -2.21. The summed E-state index contributed by atoms with van der Waals surface area (Å²) in [5.41, 5.74) is 2.66. The van der Waals surface area contributed by atoms with Crippen molar-refractivity contribution in [3.8, 4) is 0 Å². The molecule has 0 atom stereocenters. The minimum atomic E-state index is 0.912. The minimum absolute atomic E-state index is 0.912. The molecular weight excluding hydrogens is 172 g/mol. The molecule has 0 unspecified atom stereocenters. The van der Waals surface area contributed by atoms with Gasteiger partial charge in [0.05, 0.1) is 12.0 Å². The van der Waals surface area contributed by atoms with Gasteiger partial charge < -0.3 is 4.98 Å². The molecular formula is C12H20N2. The molecule has 0 aliphatic heterocycles. The lowest BCUT2D eigenvalue weighted by Crippen LogP contribution is -2.10. The first kappa shape index (κ1) is 9.75. The molecule has 2 nitrogen and oxygen atoms in total. The Morgan fingerprint density at radius 3 is 2.86 bits per heavy atom. The van der Waals surface area contributed by atoms with Crippen molar-refractivity contribution in [2.75, 3.05) is 0 Å². The normalized spacial score (nSPS) is 18.6. The Bertz CT molecular complexity index is 272. The smallest absolute Gasteiger partial charge is 0.0925 e. The van der Waals surface area contributed by atoms with Gasteiger partial charge in [0, 0.05) is 5.69 Å². The Balaban J connectivity index is 1.95. The molecule has 0 aromatic carbocycles. The van der Waals surface area contributed by atoms with Crippen LogP contribution in [-0.2, 0) is 12.8 Å². The van der Waals surface area contributed by atoms with Gasteiger partial charge in [0.15, 0.2) is 0 Å². The molecule has 1 aliphatic rings. The minimum Gasteiger partial charge on any atom is -0.348 e. The molecule has 0 bridgehead atoms. The van der Waals surface area contributed by atoms with Gasteiger partial charge in [-0.3, -0.25) is 0 Å². The standard InChI is InChI=1S/C12H20N2/c1-2-11-12(14-9-13-11)8-10-6-4-3-5-7-10/h9-10H,2-8H2,1H3,(H,13,14). The predicted molar refractivity (Wildman–Crippen MR) is 58.2 cm³/mol. The molecule has 78 valence electrons. The third-order valence-electron chi connectivity index (χ3n) is 3.36. The van der Waals surface area contributed by atoms with Crippen LogP contribution in [0.1, 0.15) is 50.4 Å². The van der Waals surface area contributed by atoms with Crippen LogP contribution in [-0.4, -0.2) is 9.97 Å². The van der Waals surface area contributed by atoms with Crippen LogP contribution in [0.5, 0.6) is 0 Å². The highest BCUT2D eigenvalue weighted by atomic mass is 14.9. The van der Waals surface area contributed by atoms with Crippen molar-refractivity contribution in [2.24, 2.45) is 5.92 Å². The fraction of sp³-hybridized carbons (Fsp3) is 0.750. The summed E-state index contributed by atoms with van der Waals surface area (Å²) in [4.78, 5) is 7.64. The average molecular weight is 192 g/mol. The maximum Gasteiger partial charge on any atom is 0.0925 e.